The Kier molecular flexibility index (Phi) is 6.62. The van der Waals surface area contributed by atoms with E-state index in [1.165, 1.54) is 30.6 Å². The fraction of sp³-hybridized carbons (Fsp3) is 0.545. The van der Waals surface area contributed by atoms with Gasteiger partial charge in [-0.3, -0.25) is 9.59 Å². The summed E-state index contributed by atoms with van der Waals surface area (Å²) in [5.74, 6) is 1.15. The zero-order chi connectivity index (χ0) is 20.9. The second-order valence-corrected chi connectivity index (χ2v) is 8.94. The van der Waals surface area contributed by atoms with Gasteiger partial charge in [0.2, 0.25) is 11.8 Å². The second-order valence-electron chi connectivity index (χ2n) is 8.05. The second kappa shape index (κ2) is 9.55. The van der Waals surface area contributed by atoms with Crippen LogP contribution in [0.3, 0.4) is 0 Å². The van der Waals surface area contributed by atoms with Gasteiger partial charge in [-0.1, -0.05) is 19.3 Å². The minimum atomic E-state index is -0.241. The lowest BCUT2D eigenvalue weighted by molar-refractivity contribution is -0.137. The van der Waals surface area contributed by atoms with Gasteiger partial charge in [-0.25, -0.2) is 9.97 Å². The van der Waals surface area contributed by atoms with Gasteiger partial charge in [0.05, 0.1) is 24.0 Å². The van der Waals surface area contributed by atoms with E-state index in [9.17, 15) is 9.59 Å². The van der Waals surface area contributed by atoms with Crippen molar-refractivity contribution >= 4 is 28.8 Å². The van der Waals surface area contributed by atoms with E-state index in [0.29, 0.717) is 29.1 Å². The number of anilines is 1. The van der Waals surface area contributed by atoms with Crippen molar-refractivity contribution in [3.8, 4) is 5.88 Å². The summed E-state index contributed by atoms with van der Waals surface area (Å²) in [5.41, 5.74) is 1.02. The first kappa shape index (κ1) is 20.8. The zero-order valence-electron chi connectivity index (χ0n) is 17.3. The Labute approximate surface area is 180 Å². The van der Waals surface area contributed by atoms with Crippen molar-refractivity contribution in [1.29, 1.82) is 0 Å². The Hall–Kier alpha value is -2.48. The van der Waals surface area contributed by atoms with E-state index >= 15 is 0 Å². The Morgan fingerprint density at radius 2 is 1.90 bits per heavy atom. The van der Waals surface area contributed by atoms with Crippen LogP contribution in [0.5, 0.6) is 5.88 Å². The summed E-state index contributed by atoms with van der Waals surface area (Å²) < 4.78 is 5.03. The molecule has 0 spiro atoms. The number of carbonyl (C=O) groups excluding carboxylic acids is 2. The molecule has 160 valence electrons. The third-order valence-corrected chi connectivity index (χ3v) is 7.08. The van der Waals surface area contributed by atoms with Crippen LogP contribution in [0.25, 0.3) is 0 Å². The molecular weight excluding hydrogens is 400 g/mol. The summed E-state index contributed by atoms with van der Waals surface area (Å²) >= 11 is 1.53. The molecule has 7 nitrogen and oxygen atoms in total. The molecule has 30 heavy (non-hydrogen) atoms. The Balaban J connectivity index is 1.30. The minimum Gasteiger partial charge on any atom is -0.481 e. The number of ether oxygens (including phenoxy) is 1. The molecule has 1 aliphatic carbocycles. The summed E-state index contributed by atoms with van der Waals surface area (Å²) in [6.07, 6.45) is 9.11. The summed E-state index contributed by atoms with van der Waals surface area (Å²) in [4.78, 5) is 36.0. The van der Waals surface area contributed by atoms with Crippen LogP contribution in [0.1, 0.15) is 66.4 Å². The number of hydrogen-bond donors (Lipinski definition) is 1. The molecule has 0 atom stereocenters. The van der Waals surface area contributed by atoms with E-state index in [-0.39, 0.29) is 11.8 Å². The number of aromatic nitrogens is 2. The highest BCUT2D eigenvalue weighted by molar-refractivity contribution is 7.10. The number of likely N-dealkylation sites (tertiary alicyclic amines) is 1. The van der Waals surface area contributed by atoms with E-state index in [1.807, 2.05) is 4.90 Å². The maximum Gasteiger partial charge on any atom is 0.275 e. The molecule has 0 radical (unpaired) electrons. The first-order valence-corrected chi connectivity index (χ1v) is 11.6. The van der Waals surface area contributed by atoms with Crippen LogP contribution in [0.15, 0.2) is 23.7 Å². The Morgan fingerprint density at radius 1 is 1.13 bits per heavy atom. The van der Waals surface area contributed by atoms with Crippen molar-refractivity contribution in [3.05, 3.63) is 34.4 Å². The maximum absolute atomic E-state index is 12.8. The number of hydrogen-bond acceptors (Lipinski definition) is 6. The van der Waals surface area contributed by atoms with Crippen molar-refractivity contribution in [2.24, 2.45) is 5.92 Å². The van der Waals surface area contributed by atoms with Gasteiger partial charge in [0, 0.05) is 36.4 Å². The van der Waals surface area contributed by atoms with Crippen molar-refractivity contribution in [3.63, 3.8) is 0 Å². The largest absolute Gasteiger partial charge is 0.481 e. The van der Waals surface area contributed by atoms with E-state index in [0.717, 1.165) is 43.8 Å². The number of methoxy groups -OCH3 is 1. The molecular formula is C22H28N4O3S. The monoisotopic (exact) mass is 428 g/mol. The first-order valence-electron chi connectivity index (χ1n) is 10.7. The highest BCUT2D eigenvalue weighted by Gasteiger charge is 2.30. The van der Waals surface area contributed by atoms with Gasteiger partial charge in [-0.2, -0.15) is 0 Å². The van der Waals surface area contributed by atoms with Crippen molar-refractivity contribution < 1.29 is 14.3 Å². The smallest absolute Gasteiger partial charge is 0.275 e. The number of carbonyl (C=O) groups is 2. The summed E-state index contributed by atoms with van der Waals surface area (Å²) in [7, 11) is 1.55. The van der Waals surface area contributed by atoms with Gasteiger partial charge in [0.25, 0.3) is 5.91 Å². The van der Waals surface area contributed by atoms with E-state index in [1.54, 1.807) is 30.8 Å². The quantitative estimate of drug-likeness (QED) is 0.776. The normalized spacial score (nSPS) is 18.2. The number of pyridine rings is 1. The molecule has 1 aliphatic heterocycles. The summed E-state index contributed by atoms with van der Waals surface area (Å²) in [6.45, 7) is 1.58. The number of nitrogens with one attached hydrogen (secondary N) is 1. The first-order chi connectivity index (χ1) is 14.6. The van der Waals surface area contributed by atoms with Crippen molar-refractivity contribution in [2.75, 3.05) is 25.5 Å². The SMILES string of the molecule is COc1ccc(NC(=O)c2csc(C3CCN(C(=O)C4CCCCC4)CC3)n2)cn1. The van der Waals surface area contributed by atoms with Crippen LogP contribution < -0.4 is 10.1 Å². The predicted molar refractivity (Wildman–Crippen MR) is 116 cm³/mol. The number of thiazole rings is 1. The highest BCUT2D eigenvalue weighted by atomic mass is 32.1. The molecule has 4 rings (SSSR count). The Morgan fingerprint density at radius 3 is 2.57 bits per heavy atom. The fourth-order valence-electron chi connectivity index (χ4n) is 4.30. The van der Waals surface area contributed by atoms with Gasteiger partial charge in [0.15, 0.2) is 0 Å². The summed E-state index contributed by atoms with van der Waals surface area (Å²) in [6, 6.07) is 3.44. The van der Waals surface area contributed by atoms with Crippen molar-refractivity contribution in [2.45, 2.75) is 50.9 Å². The number of nitrogens with zero attached hydrogens (tertiary/aromatic N) is 3. The lowest BCUT2D eigenvalue weighted by atomic mass is 9.87. The minimum absolute atomic E-state index is 0.234. The van der Waals surface area contributed by atoms with Crippen LogP contribution in [0, 0.1) is 5.92 Å². The fourth-order valence-corrected chi connectivity index (χ4v) is 5.28. The molecule has 8 heteroatoms. The molecule has 0 unspecified atom stereocenters. The van der Waals surface area contributed by atoms with Crippen LogP contribution in [-0.2, 0) is 4.79 Å². The van der Waals surface area contributed by atoms with Gasteiger partial charge in [-0.05, 0) is 31.7 Å². The van der Waals surface area contributed by atoms with Crippen LogP contribution in [-0.4, -0.2) is 46.9 Å². The lowest BCUT2D eigenvalue weighted by Gasteiger charge is -2.34. The van der Waals surface area contributed by atoms with Crippen molar-refractivity contribution in [1.82, 2.24) is 14.9 Å². The van der Waals surface area contributed by atoms with E-state index < -0.39 is 0 Å². The van der Waals surface area contributed by atoms with Gasteiger partial charge in [-0.15, -0.1) is 11.3 Å². The average Bonchev–Trinajstić information content (AvgIpc) is 3.30. The molecule has 1 saturated heterocycles. The number of amides is 2. The van der Waals surface area contributed by atoms with Gasteiger partial charge in [0.1, 0.15) is 5.69 Å². The van der Waals surface area contributed by atoms with Crippen LogP contribution in [0.4, 0.5) is 5.69 Å². The zero-order valence-corrected chi connectivity index (χ0v) is 18.1. The Bertz CT molecular complexity index is 869. The molecule has 2 aromatic rings. The molecule has 2 aromatic heterocycles. The molecule has 1 N–H and O–H groups in total. The van der Waals surface area contributed by atoms with Gasteiger partial charge >= 0.3 is 0 Å². The molecule has 3 heterocycles. The topological polar surface area (TPSA) is 84.4 Å². The molecule has 2 fully saturated rings. The molecule has 0 aromatic carbocycles. The summed E-state index contributed by atoms with van der Waals surface area (Å²) in [5, 5.41) is 5.61. The predicted octanol–water partition coefficient (Wildman–Crippen LogP) is 4.09. The highest BCUT2D eigenvalue weighted by Crippen LogP contribution is 2.32. The number of piperidine rings is 1. The average molecular weight is 429 g/mol. The molecule has 2 aliphatic rings. The molecule has 2 amide bonds. The van der Waals surface area contributed by atoms with Crippen LogP contribution in [0.2, 0.25) is 0 Å². The molecule has 0 bridgehead atoms. The maximum atomic E-state index is 12.8. The van der Waals surface area contributed by atoms with Crippen LogP contribution >= 0.6 is 11.3 Å². The van der Waals surface area contributed by atoms with E-state index in [4.69, 9.17) is 4.74 Å². The third kappa shape index (κ3) is 4.80. The molecule has 1 saturated carbocycles. The van der Waals surface area contributed by atoms with E-state index in [2.05, 4.69) is 15.3 Å². The standard InChI is InChI=1S/C22H28N4O3S/c1-29-19-8-7-17(13-23-19)24-20(27)18-14-30-21(25-18)15-9-11-26(12-10-15)22(28)16-5-3-2-4-6-16/h7-8,13-16H,2-6,9-12H2,1H3,(H,24,27). The third-order valence-electron chi connectivity index (χ3n) is 6.07. The van der Waals surface area contributed by atoms with Gasteiger partial charge < -0.3 is 15.0 Å². The number of rotatable bonds is 5. The lowest BCUT2D eigenvalue weighted by Crippen LogP contribution is -2.41.